The van der Waals surface area contributed by atoms with Gasteiger partial charge in [-0.3, -0.25) is 0 Å². The number of aromatic nitrogens is 2. The van der Waals surface area contributed by atoms with Crippen molar-refractivity contribution in [2.45, 2.75) is 64.5 Å². The first-order chi connectivity index (χ1) is 13.3. The standard InChI is InChI=1S/C23H30N4/c1-3-5-13-24-23-25-15-21-20-12-11-17(4-2)14-18(20)16-27(22(21)26-23)19-9-7-6-8-10-19/h4,11-12,14-15,19H,2-3,5-10,13,16H2,1H3,(H,24,25,26). The summed E-state index contributed by atoms with van der Waals surface area (Å²) in [6.07, 6.45) is 12.8. The van der Waals surface area contributed by atoms with Crippen LogP contribution in [0.3, 0.4) is 0 Å². The van der Waals surface area contributed by atoms with Crippen LogP contribution in [0.5, 0.6) is 0 Å². The van der Waals surface area contributed by atoms with Crippen molar-refractivity contribution < 1.29 is 0 Å². The summed E-state index contributed by atoms with van der Waals surface area (Å²) in [7, 11) is 0. The zero-order valence-electron chi connectivity index (χ0n) is 16.4. The molecule has 1 N–H and O–H groups in total. The van der Waals surface area contributed by atoms with Crippen LogP contribution >= 0.6 is 0 Å². The van der Waals surface area contributed by atoms with E-state index >= 15 is 0 Å². The van der Waals surface area contributed by atoms with Gasteiger partial charge in [0.05, 0.1) is 0 Å². The lowest BCUT2D eigenvalue weighted by Gasteiger charge is -2.39. The molecule has 0 spiro atoms. The first kappa shape index (κ1) is 18.0. The highest BCUT2D eigenvalue weighted by molar-refractivity contribution is 5.82. The van der Waals surface area contributed by atoms with Crippen molar-refractivity contribution in [3.05, 3.63) is 42.1 Å². The molecule has 1 aliphatic heterocycles. The molecular formula is C23H30N4. The van der Waals surface area contributed by atoms with E-state index in [-0.39, 0.29) is 0 Å². The number of benzene rings is 1. The molecule has 1 aliphatic carbocycles. The van der Waals surface area contributed by atoms with Gasteiger partial charge in [-0.2, -0.15) is 4.98 Å². The Morgan fingerprint density at radius 3 is 2.85 bits per heavy atom. The quantitative estimate of drug-likeness (QED) is 0.674. The van der Waals surface area contributed by atoms with Crippen LogP contribution in [-0.2, 0) is 6.54 Å². The number of nitrogens with zero attached hydrogens (tertiary/aromatic N) is 3. The first-order valence-corrected chi connectivity index (χ1v) is 10.4. The van der Waals surface area contributed by atoms with Gasteiger partial charge in [-0.1, -0.05) is 57.4 Å². The number of hydrogen-bond donors (Lipinski definition) is 1. The molecule has 2 aromatic rings. The maximum Gasteiger partial charge on any atom is 0.224 e. The van der Waals surface area contributed by atoms with Crippen LogP contribution in [0.1, 0.15) is 63.0 Å². The predicted molar refractivity (Wildman–Crippen MR) is 114 cm³/mol. The Morgan fingerprint density at radius 2 is 2.07 bits per heavy atom. The SMILES string of the molecule is C=Cc1ccc2c(c1)CN(C1CCCCC1)c1nc(NCCCC)ncc1-2. The lowest BCUT2D eigenvalue weighted by atomic mass is 9.89. The van der Waals surface area contributed by atoms with Crippen LogP contribution in [0.25, 0.3) is 17.2 Å². The van der Waals surface area contributed by atoms with Gasteiger partial charge in [-0.25, -0.2) is 4.98 Å². The number of fused-ring (bicyclic) bond motifs is 3. The van der Waals surface area contributed by atoms with Crippen molar-refractivity contribution in [3.63, 3.8) is 0 Å². The van der Waals surface area contributed by atoms with Crippen molar-refractivity contribution in [3.8, 4) is 11.1 Å². The molecule has 2 heterocycles. The molecular weight excluding hydrogens is 332 g/mol. The predicted octanol–water partition coefficient (Wildman–Crippen LogP) is 5.65. The summed E-state index contributed by atoms with van der Waals surface area (Å²) in [6, 6.07) is 7.20. The van der Waals surface area contributed by atoms with E-state index in [9.17, 15) is 0 Å². The maximum absolute atomic E-state index is 4.97. The van der Waals surface area contributed by atoms with Crippen molar-refractivity contribution in [1.29, 1.82) is 0 Å². The summed E-state index contributed by atoms with van der Waals surface area (Å²) in [6.45, 7) is 8.00. The Labute approximate surface area is 162 Å². The maximum atomic E-state index is 4.97. The van der Waals surface area contributed by atoms with Crippen LogP contribution in [0, 0.1) is 0 Å². The van der Waals surface area contributed by atoms with Gasteiger partial charge in [0.25, 0.3) is 0 Å². The third kappa shape index (κ3) is 3.71. The van der Waals surface area contributed by atoms with Crippen LogP contribution in [-0.4, -0.2) is 22.6 Å². The zero-order chi connectivity index (χ0) is 18.6. The number of anilines is 2. The molecule has 0 radical (unpaired) electrons. The van der Waals surface area contributed by atoms with E-state index in [1.54, 1.807) is 0 Å². The molecule has 4 nitrogen and oxygen atoms in total. The molecule has 1 aromatic carbocycles. The molecule has 142 valence electrons. The molecule has 4 heteroatoms. The van der Waals surface area contributed by atoms with Gasteiger partial charge < -0.3 is 10.2 Å². The van der Waals surface area contributed by atoms with Gasteiger partial charge >= 0.3 is 0 Å². The summed E-state index contributed by atoms with van der Waals surface area (Å²) in [5.41, 5.74) is 4.97. The first-order valence-electron chi connectivity index (χ1n) is 10.4. The van der Waals surface area contributed by atoms with E-state index < -0.39 is 0 Å². The molecule has 0 amide bonds. The summed E-state index contributed by atoms with van der Waals surface area (Å²) in [5.74, 6) is 1.86. The van der Waals surface area contributed by atoms with Gasteiger partial charge in [0.2, 0.25) is 5.95 Å². The van der Waals surface area contributed by atoms with Crippen molar-refractivity contribution in [2.24, 2.45) is 0 Å². The van der Waals surface area contributed by atoms with Gasteiger partial charge in [-0.05, 0) is 42.0 Å². The second-order valence-electron chi connectivity index (χ2n) is 7.75. The fraction of sp³-hybridized carbons (Fsp3) is 0.478. The molecule has 2 aliphatic rings. The van der Waals surface area contributed by atoms with Gasteiger partial charge in [-0.15, -0.1) is 0 Å². The minimum atomic E-state index is 0.580. The fourth-order valence-electron chi connectivity index (χ4n) is 4.33. The summed E-state index contributed by atoms with van der Waals surface area (Å²) in [4.78, 5) is 12.1. The Balaban J connectivity index is 1.73. The van der Waals surface area contributed by atoms with E-state index in [1.165, 1.54) is 60.8 Å². The minimum Gasteiger partial charge on any atom is -0.354 e. The molecule has 0 saturated heterocycles. The van der Waals surface area contributed by atoms with Gasteiger partial charge in [0.1, 0.15) is 5.82 Å². The molecule has 27 heavy (non-hydrogen) atoms. The van der Waals surface area contributed by atoms with Crippen LogP contribution in [0.2, 0.25) is 0 Å². The molecule has 1 fully saturated rings. The third-order valence-electron chi connectivity index (χ3n) is 5.87. The zero-order valence-corrected chi connectivity index (χ0v) is 16.4. The monoisotopic (exact) mass is 362 g/mol. The fourth-order valence-corrected chi connectivity index (χ4v) is 4.33. The van der Waals surface area contributed by atoms with E-state index in [4.69, 9.17) is 4.98 Å². The lowest BCUT2D eigenvalue weighted by Crippen LogP contribution is -2.39. The summed E-state index contributed by atoms with van der Waals surface area (Å²) in [5, 5.41) is 3.40. The normalized spacial score (nSPS) is 16.6. The Bertz CT molecular complexity index is 808. The highest BCUT2D eigenvalue weighted by Gasteiger charge is 2.30. The Hall–Kier alpha value is -2.36. The largest absolute Gasteiger partial charge is 0.354 e. The minimum absolute atomic E-state index is 0.580. The van der Waals surface area contributed by atoms with Crippen LogP contribution in [0.4, 0.5) is 11.8 Å². The van der Waals surface area contributed by atoms with E-state index in [1.807, 2.05) is 12.3 Å². The van der Waals surface area contributed by atoms with Crippen molar-refractivity contribution in [1.82, 2.24) is 9.97 Å². The average Bonchev–Trinajstić information content (AvgIpc) is 2.73. The lowest BCUT2D eigenvalue weighted by molar-refractivity contribution is 0.410. The number of nitrogens with one attached hydrogen (secondary N) is 1. The average molecular weight is 363 g/mol. The summed E-state index contributed by atoms with van der Waals surface area (Å²) < 4.78 is 0. The van der Waals surface area contributed by atoms with Crippen molar-refractivity contribution >= 4 is 17.8 Å². The number of hydrogen-bond acceptors (Lipinski definition) is 4. The molecule has 4 rings (SSSR count). The van der Waals surface area contributed by atoms with E-state index in [0.29, 0.717) is 6.04 Å². The highest BCUT2D eigenvalue weighted by Crippen LogP contribution is 2.41. The van der Waals surface area contributed by atoms with Gasteiger partial charge in [0.15, 0.2) is 0 Å². The van der Waals surface area contributed by atoms with Crippen LogP contribution < -0.4 is 10.2 Å². The number of rotatable bonds is 6. The second-order valence-corrected chi connectivity index (χ2v) is 7.75. The molecule has 0 bridgehead atoms. The van der Waals surface area contributed by atoms with Gasteiger partial charge in [0, 0.05) is 30.9 Å². The third-order valence-corrected chi connectivity index (χ3v) is 5.87. The van der Waals surface area contributed by atoms with E-state index in [2.05, 4.69) is 46.9 Å². The molecule has 1 saturated carbocycles. The molecule has 1 aromatic heterocycles. The molecule has 0 unspecified atom stereocenters. The van der Waals surface area contributed by atoms with Crippen LogP contribution in [0.15, 0.2) is 31.0 Å². The molecule has 0 atom stereocenters. The smallest absolute Gasteiger partial charge is 0.224 e. The van der Waals surface area contributed by atoms with E-state index in [0.717, 1.165) is 31.3 Å². The highest BCUT2D eigenvalue weighted by atomic mass is 15.3. The van der Waals surface area contributed by atoms with Crippen molar-refractivity contribution in [2.75, 3.05) is 16.8 Å². The topological polar surface area (TPSA) is 41.1 Å². The Morgan fingerprint density at radius 1 is 1.22 bits per heavy atom. The Kier molecular flexibility index (Phi) is 5.42. The second kappa shape index (κ2) is 8.12. The summed E-state index contributed by atoms with van der Waals surface area (Å²) >= 11 is 0. The number of unbranched alkanes of at least 4 members (excludes halogenated alkanes) is 1.